The number of carbonyl (C=O) groups is 2. The second kappa shape index (κ2) is 9.03. The summed E-state index contributed by atoms with van der Waals surface area (Å²) >= 11 is 8.10. The Bertz CT molecular complexity index is 881. The van der Waals surface area contributed by atoms with Gasteiger partial charge in [-0.1, -0.05) is 42.2 Å². The van der Waals surface area contributed by atoms with Gasteiger partial charge in [0.25, 0.3) is 5.91 Å². The summed E-state index contributed by atoms with van der Waals surface area (Å²) in [6, 6.07) is 11.1. The lowest BCUT2D eigenvalue weighted by Crippen LogP contribution is -2.35. The molecule has 1 aliphatic heterocycles. The lowest BCUT2D eigenvalue weighted by Gasteiger charge is -2.15. The number of hydrazine groups is 1. The summed E-state index contributed by atoms with van der Waals surface area (Å²) in [5.41, 5.74) is 6.08. The third-order valence-electron chi connectivity index (χ3n) is 3.70. The standard InChI is InChI=1S/C18H17N3O3S3/c1-24-14-7-3-2-6-13(14)19-20-16(22)8-9-21-17(23)15(27-18(21)25)11-12-5-4-10-26-12/h2-7,10-11,19H,8-9H2,1H3,(H,20,22)/b15-11+. The van der Waals surface area contributed by atoms with E-state index in [0.29, 0.717) is 20.7 Å². The van der Waals surface area contributed by atoms with Crippen LogP contribution >= 0.6 is 35.3 Å². The molecule has 2 N–H and O–H groups in total. The topological polar surface area (TPSA) is 70.7 Å². The van der Waals surface area contributed by atoms with Gasteiger partial charge < -0.3 is 4.74 Å². The zero-order valence-corrected chi connectivity index (χ0v) is 16.9. The number of rotatable bonds is 7. The molecule has 0 atom stereocenters. The highest BCUT2D eigenvalue weighted by atomic mass is 32.2. The minimum atomic E-state index is -0.253. The van der Waals surface area contributed by atoms with Gasteiger partial charge in [-0.15, -0.1) is 11.3 Å². The Balaban J connectivity index is 1.52. The SMILES string of the molecule is COc1ccccc1NNC(=O)CCN1C(=O)/C(=C\c2cccs2)SC1=S. The molecule has 0 unspecified atom stereocenters. The van der Waals surface area contributed by atoms with E-state index in [4.69, 9.17) is 17.0 Å². The summed E-state index contributed by atoms with van der Waals surface area (Å²) < 4.78 is 5.68. The fraction of sp³-hybridized carbons (Fsp3) is 0.167. The van der Waals surface area contributed by atoms with Crippen molar-refractivity contribution in [2.75, 3.05) is 19.1 Å². The lowest BCUT2D eigenvalue weighted by molar-refractivity contribution is -0.123. The Hall–Kier alpha value is -2.36. The largest absolute Gasteiger partial charge is 0.495 e. The average molecular weight is 420 g/mol. The van der Waals surface area contributed by atoms with Crippen molar-refractivity contribution in [3.63, 3.8) is 0 Å². The third-order valence-corrected chi connectivity index (χ3v) is 5.89. The normalized spacial score (nSPS) is 15.3. The number of thiocarbonyl (C=S) groups is 1. The Morgan fingerprint density at radius 3 is 2.85 bits per heavy atom. The third kappa shape index (κ3) is 4.88. The number of ether oxygens (including phenoxy) is 1. The van der Waals surface area contributed by atoms with Crippen LogP contribution < -0.4 is 15.6 Å². The average Bonchev–Trinajstić information content (AvgIpc) is 3.27. The molecule has 9 heteroatoms. The number of thiophene rings is 1. The van der Waals surface area contributed by atoms with E-state index in [2.05, 4.69) is 10.9 Å². The summed E-state index contributed by atoms with van der Waals surface area (Å²) in [4.78, 5) is 27.6. The number of nitrogens with zero attached hydrogens (tertiary/aromatic N) is 1. The first-order valence-corrected chi connectivity index (χ1v) is 10.2. The van der Waals surface area contributed by atoms with Crippen LogP contribution in [0.2, 0.25) is 0 Å². The molecule has 3 rings (SSSR count). The van der Waals surface area contributed by atoms with Gasteiger partial charge in [-0.25, -0.2) is 0 Å². The van der Waals surface area contributed by atoms with Crippen LogP contribution in [0.3, 0.4) is 0 Å². The Morgan fingerprint density at radius 2 is 2.11 bits per heavy atom. The summed E-state index contributed by atoms with van der Waals surface area (Å²) in [6.45, 7) is 0.228. The van der Waals surface area contributed by atoms with Crippen molar-refractivity contribution in [1.29, 1.82) is 0 Å². The molecule has 1 aliphatic rings. The molecule has 140 valence electrons. The van der Waals surface area contributed by atoms with Gasteiger partial charge in [0.05, 0.1) is 17.7 Å². The zero-order chi connectivity index (χ0) is 19.2. The lowest BCUT2D eigenvalue weighted by atomic mass is 10.3. The summed E-state index contributed by atoms with van der Waals surface area (Å²) in [6.07, 6.45) is 1.95. The molecule has 1 fully saturated rings. The van der Waals surface area contributed by atoms with Gasteiger partial charge in [-0.05, 0) is 29.7 Å². The predicted molar refractivity (Wildman–Crippen MR) is 114 cm³/mol. The van der Waals surface area contributed by atoms with E-state index in [0.717, 1.165) is 4.88 Å². The van der Waals surface area contributed by atoms with E-state index in [1.54, 1.807) is 30.6 Å². The Kier molecular flexibility index (Phi) is 6.49. The quantitative estimate of drug-likeness (QED) is 0.407. The fourth-order valence-corrected chi connectivity index (χ4v) is 4.39. The molecule has 0 spiro atoms. The second-order valence-electron chi connectivity index (χ2n) is 5.47. The van der Waals surface area contributed by atoms with Crippen molar-refractivity contribution >= 4 is 63.2 Å². The molecule has 1 aromatic carbocycles. The molecule has 1 aromatic heterocycles. The smallest absolute Gasteiger partial charge is 0.266 e. The molecule has 27 heavy (non-hydrogen) atoms. The maximum absolute atomic E-state index is 12.5. The fourth-order valence-electron chi connectivity index (χ4n) is 2.36. The van der Waals surface area contributed by atoms with Crippen LogP contribution in [0.25, 0.3) is 6.08 Å². The molecule has 2 aromatic rings. The van der Waals surface area contributed by atoms with Crippen LogP contribution in [0.1, 0.15) is 11.3 Å². The maximum Gasteiger partial charge on any atom is 0.266 e. The van der Waals surface area contributed by atoms with Crippen molar-refractivity contribution in [3.8, 4) is 5.75 Å². The highest BCUT2D eigenvalue weighted by molar-refractivity contribution is 8.26. The molecule has 0 bridgehead atoms. The molecule has 0 radical (unpaired) electrons. The van der Waals surface area contributed by atoms with Gasteiger partial charge in [0.15, 0.2) is 0 Å². The highest BCUT2D eigenvalue weighted by Crippen LogP contribution is 2.33. The van der Waals surface area contributed by atoms with Crippen LogP contribution in [-0.4, -0.2) is 34.7 Å². The first kappa shape index (κ1) is 19.4. The van der Waals surface area contributed by atoms with Gasteiger partial charge in [0.2, 0.25) is 5.91 Å². The van der Waals surface area contributed by atoms with Gasteiger partial charge in [-0.2, -0.15) is 0 Å². The number of nitrogens with one attached hydrogen (secondary N) is 2. The first-order chi connectivity index (χ1) is 13.1. The van der Waals surface area contributed by atoms with Crippen LogP contribution in [0.15, 0.2) is 46.7 Å². The van der Waals surface area contributed by atoms with Crippen molar-refractivity contribution in [3.05, 3.63) is 51.6 Å². The van der Waals surface area contributed by atoms with Crippen LogP contribution in [0, 0.1) is 0 Å². The van der Waals surface area contributed by atoms with Crippen molar-refractivity contribution in [2.45, 2.75) is 6.42 Å². The van der Waals surface area contributed by atoms with Crippen molar-refractivity contribution < 1.29 is 14.3 Å². The van der Waals surface area contributed by atoms with Crippen molar-refractivity contribution in [2.24, 2.45) is 0 Å². The van der Waals surface area contributed by atoms with E-state index in [1.165, 1.54) is 16.7 Å². The molecular formula is C18H17N3O3S3. The minimum absolute atomic E-state index is 0.126. The number of hydrogen-bond donors (Lipinski definition) is 2. The summed E-state index contributed by atoms with van der Waals surface area (Å²) in [5, 5.41) is 1.95. The molecule has 0 saturated carbocycles. The van der Waals surface area contributed by atoms with Gasteiger partial charge in [0.1, 0.15) is 10.1 Å². The van der Waals surface area contributed by atoms with Crippen LogP contribution in [-0.2, 0) is 9.59 Å². The van der Waals surface area contributed by atoms with Crippen LogP contribution in [0.5, 0.6) is 5.75 Å². The molecule has 2 amide bonds. The van der Waals surface area contributed by atoms with Gasteiger partial charge >= 0.3 is 0 Å². The van der Waals surface area contributed by atoms with E-state index < -0.39 is 0 Å². The summed E-state index contributed by atoms with van der Waals surface area (Å²) in [7, 11) is 1.56. The molecule has 2 heterocycles. The first-order valence-electron chi connectivity index (χ1n) is 8.05. The number of para-hydroxylation sites is 2. The van der Waals surface area contributed by atoms with E-state index in [9.17, 15) is 9.59 Å². The highest BCUT2D eigenvalue weighted by Gasteiger charge is 2.32. The molecule has 6 nitrogen and oxygen atoms in total. The van der Waals surface area contributed by atoms with E-state index >= 15 is 0 Å². The Morgan fingerprint density at radius 1 is 1.30 bits per heavy atom. The maximum atomic E-state index is 12.5. The molecule has 0 aliphatic carbocycles. The predicted octanol–water partition coefficient (Wildman–Crippen LogP) is 3.49. The molecule has 1 saturated heterocycles. The zero-order valence-electron chi connectivity index (χ0n) is 14.4. The van der Waals surface area contributed by atoms with E-state index in [-0.39, 0.29) is 24.8 Å². The number of hydrogen-bond acceptors (Lipinski definition) is 7. The van der Waals surface area contributed by atoms with Gasteiger partial charge in [-0.3, -0.25) is 25.3 Å². The number of benzene rings is 1. The van der Waals surface area contributed by atoms with Crippen molar-refractivity contribution in [1.82, 2.24) is 10.3 Å². The van der Waals surface area contributed by atoms with Crippen LogP contribution in [0.4, 0.5) is 5.69 Å². The number of carbonyl (C=O) groups excluding carboxylic acids is 2. The number of amides is 2. The number of methoxy groups -OCH3 is 1. The molecular weight excluding hydrogens is 402 g/mol. The second-order valence-corrected chi connectivity index (χ2v) is 8.13. The van der Waals surface area contributed by atoms with E-state index in [1.807, 2.05) is 35.7 Å². The minimum Gasteiger partial charge on any atom is -0.495 e. The monoisotopic (exact) mass is 419 g/mol. The number of thioether (sulfide) groups is 1. The number of anilines is 1. The van der Waals surface area contributed by atoms with Gasteiger partial charge in [0, 0.05) is 17.8 Å². The summed E-state index contributed by atoms with van der Waals surface area (Å²) in [5.74, 6) is 0.203. The Labute approximate surface area is 170 Å².